The largest absolute Gasteiger partial charge is 0.447 e. The van der Waals surface area contributed by atoms with E-state index < -0.39 is 18.0 Å². The number of carbonyl (C=O) groups is 4. The van der Waals surface area contributed by atoms with Gasteiger partial charge in [0.2, 0.25) is 17.9 Å². The molecule has 1 heterocycles. The number of amides is 3. The number of ether oxygens (including phenoxy) is 1. The second-order valence-corrected chi connectivity index (χ2v) is 7.28. The lowest BCUT2D eigenvalue weighted by molar-refractivity contribution is -0.155. The van der Waals surface area contributed by atoms with Crippen LogP contribution in [-0.2, 0) is 23.9 Å². The van der Waals surface area contributed by atoms with Crippen molar-refractivity contribution in [2.75, 3.05) is 11.9 Å². The fraction of sp³-hybridized carbons (Fsp3) is 0.304. The van der Waals surface area contributed by atoms with E-state index in [-0.39, 0.29) is 37.6 Å². The van der Waals surface area contributed by atoms with Gasteiger partial charge in [-0.15, -0.1) is 0 Å². The highest BCUT2D eigenvalue weighted by Crippen LogP contribution is 2.23. The number of hydrogen-bond donors (Lipinski definition) is 1. The maximum Gasteiger partial charge on any atom is 0.308 e. The van der Waals surface area contributed by atoms with Crippen molar-refractivity contribution in [1.82, 2.24) is 4.90 Å². The Morgan fingerprint density at radius 1 is 1.03 bits per heavy atom. The second-order valence-electron chi connectivity index (χ2n) is 7.28. The van der Waals surface area contributed by atoms with E-state index >= 15 is 0 Å². The lowest BCUT2D eigenvalue weighted by atomic mass is 10.1. The molecule has 2 aromatic rings. The molecule has 0 spiro atoms. The first-order valence-electron chi connectivity index (χ1n) is 9.81. The number of nitrogens with zero attached hydrogens (tertiary/aromatic N) is 1. The molecule has 2 aromatic carbocycles. The summed E-state index contributed by atoms with van der Waals surface area (Å²) >= 11 is 0. The molecular formula is C23H24N2O5. The van der Waals surface area contributed by atoms with Crippen LogP contribution in [-0.4, -0.2) is 35.1 Å². The Balaban J connectivity index is 1.71. The predicted molar refractivity (Wildman–Crippen MR) is 110 cm³/mol. The number of carbonyl (C=O) groups excluding carboxylic acids is 4. The standard InChI is InChI=1S/C23H24N2O5/c1-15-8-9-16(2)18(14-15)24-23(29)22(17-6-4-3-5-7-17)30-21(28)12-13-25-19(26)10-11-20(25)27/h3-9,14,22H,10-13H2,1-2H3,(H,24,29)/t22-/m0/s1. The van der Waals surface area contributed by atoms with Gasteiger partial charge in [0.05, 0.1) is 6.42 Å². The van der Waals surface area contributed by atoms with E-state index in [9.17, 15) is 19.2 Å². The average molecular weight is 408 g/mol. The molecule has 0 aliphatic carbocycles. The monoisotopic (exact) mass is 408 g/mol. The molecule has 7 heteroatoms. The molecule has 156 valence electrons. The van der Waals surface area contributed by atoms with Crippen LogP contribution in [0.1, 0.15) is 42.1 Å². The van der Waals surface area contributed by atoms with Crippen LogP contribution in [0.15, 0.2) is 48.5 Å². The van der Waals surface area contributed by atoms with Gasteiger partial charge in [0.15, 0.2) is 0 Å². The van der Waals surface area contributed by atoms with Crippen molar-refractivity contribution in [3.8, 4) is 0 Å². The van der Waals surface area contributed by atoms with E-state index in [1.165, 1.54) is 0 Å². The van der Waals surface area contributed by atoms with Crippen molar-refractivity contribution in [2.24, 2.45) is 0 Å². The smallest absolute Gasteiger partial charge is 0.308 e. The minimum Gasteiger partial charge on any atom is -0.447 e. The molecule has 0 bridgehead atoms. The maximum atomic E-state index is 13.0. The van der Waals surface area contributed by atoms with E-state index in [4.69, 9.17) is 4.74 Å². The summed E-state index contributed by atoms with van der Waals surface area (Å²) in [4.78, 5) is 49.9. The Hall–Kier alpha value is -3.48. The predicted octanol–water partition coefficient (Wildman–Crippen LogP) is 3.07. The number of anilines is 1. The van der Waals surface area contributed by atoms with Crippen molar-refractivity contribution in [1.29, 1.82) is 0 Å². The van der Waals surface area contributed by atoms with Gasteiger partial charge in [-0.2, -0.15) is 0 Å². The molecule has 1 fully saturated rings. The molecule has 0 aromatic heterocycles. The van der Waals surface area contributed by atoms with Crippen LogP contribution in [0.5, 0.6) is 0 Å². The number of benzene rings is 2. The maximum absolute atomic E-state index is 13.0. The van der Waals surface area contributed by atoms with Crippen LogP contribution in [0.3, 0.4) is 0 Å². The van der Waals surface area contributed by atoms with Gasteiger partial charge in [-0.25, -0.2) is 0 Å². The van der Waals surface area contributed by atoms with Gasteiger partial charge in [0, 0.05) is 30.6 Å². The minimum absolute atomic E-state index is 0.0450. The van der Waals surface area contributed by atoms with Gasteiger partial charge in [-0.3, -0.25) is 24.1 Å². The molecule has 1 atom stereocenters. The highest BCUT2D eigenvalue weighted by molar-refractivity contribution is 6.02. The number of esters is 1. The van der Waals surface area contributed by atoms with E-state index in [1.54, 1.807) is 30.3 Å². The Morgan fingerprint density at radius 3 is 2.37 bits per heavy atom. The van der Waals surface area contributed by atoms with Gasteiger partial charge in [0.1, 0.15) is 0 Å². The van der Waals surface area contributed by atoms with Crippen LogP contribution < -0.4 is 5.32 Å². The third-order valence-corrected chi connectivity index (χ3v) is 4.94. The zero-order chi connectivity index (χ0) is 21.7. The van der Waals surface area contributed by atoms with Gasteiger partial charge < -0.3 is 10.1 Å². The molecular weight excluding hydrogens is 384 g/mol. The number of rotatable bonds is 7. The summed E-state index contributed by atoms with van der Waals surface area (Å²) in [6, 6.07) is 14.4. The molecule has 0 radical (unpaired) electrons. The Morgan fingerprint density at radius 2 is 1.70 bits per heavy atom. The zero-order valence-corrected chi connectivity index (χ0v) is 17.0. The van der Waals surface area contributed by atoms with E-state index in [1.807, 2.05) is 32.0 Å². The van der Waals surface area contributed by atoms with Crippen molar-refractivity contribution in [2.45, 2.75) is 39.2 Å². The number of aryl methyl sites for hydroxylation is 2. The summed E-state index contributed by atoms with van der Waals surface area (Å²) < 4.78 is 5.47. The molecule has 3 rings (SSSR count). The van der Waals surface area contributed by atoms with Crippen LogP contribution >= 0.6 is 0 Å². The first kappa shape index (κ1) is 21.2. The van der Waals surface area contributed by atoms with E-state index in [0.29, 0.717) is 11.3 Å². The van der Waals surface area contributed by atoms with Gasteiger partial charge >= 0.3 is 5.97 Å². The Kier molecular flexibility index (Phi) is 6.61. The van der Waals surface area contributed by atoms with Crippen LogP contribution in [0.4, 0.5) is 5.69 Å². The third-order valence-electron chi connectivity index (χ3n) is 4.94. The van der Waals surface area contributed by atoms with Crippen LogP contribution in [0.25, 0.3) is 0 Å². The fourth-order valence-electron chi connectivity index (χ4n) is 3.24. The van der Waals surface area contributed by atoms with Gasteiger partial charge in [-0.1, -0.05) is 42.5 Å². The lowest BCUT2D eigenvalue weighted by Gasteiger charge is -2.20. The molecule has 1 N–H and O–H groups in total. The average Bonchev–Trinajstić information content (AvgIpc) is 3.05. The molecule has 1 saturated heterocycles. The number of likely N-dealkylation sites (tertiary alicyclic amines) is 1. The molecule has 3 amide bonds. The van der Waals surface area contributed by atoms with Crippen LogP contribution in [0, 0.1) is 13.8 Å². The quantitative estimate of drug-likeness (QED) is 0.561. The molecule has 1 aliphatic rings. The summed E-state index contributed by atoms with van der Waals surface area (Å²) in [5.41, 5.74) is 3.05. The molecule has 7 nitrogen and oxygen atoms in total. The molecule has 0 unspecified atom stereocenters. The van der Waals surface area contributed by atoms with Crippen molar-refractivity contribution < 1.29 is 23.9 Å². The summed E-state index contributed by atoms with van der Waals surface area (Å²) in [5.74, 6) is -1.72. The minimum atomic E-state index is -1.15. The first-order chi connectivity index (χ1) is 14.3. The third kappa shape index (κ3) is 5.11. The Bertz CT molecular complexity index is 955. The zero-order valence-electron chi connectivity index (χ0n) is 17.0. The Labute approximate surface area is 175 Å². The summed E-state index contributed by atoms with van der Waals surface area (Å²) in [6.45, 7) is 3.75. The number of nitrogens with one attached hydrogen (secondary N) is 1. The fourth-order valence-corrected chi connectivity index (χ4v) is 3.24. The van der Waals surface area contributed by atoms with Gasteiger partial charge in [0.25, 0.3) is 5.91 Å². The van der Waals surface area contributed by atoms with Crippen LogP contribution in [0.2, 0.25) is 0 Å². The first-order valence-corrected chi connectivity index (χ1v) is 9.81. The molecule has 30 heavy (non-hydrogen) atoms. The van der Waals surface area contributed by atoms with E-state index in [2.05, 4.69) is 5.32 Å². The summed E-state index contributed by atoms with van der Waals surface area (Å²) in [6.07, 6.45) is -0.988. The molecule has 1 aliphatic heterocycles. The number of hydrogen-bond acceptors (Lipinski definition) is 5. The summed E-state index contributed by atoms with van der Waals surface area (Å²) in [7, 11) is 0. The van der Waals surface area contributed by atoms with Crippen molar-refractivity contribution in [3.63, 3.8) is 0 Å². The number of imide groups is 1. The lowest BCUT2D eigenvalue weighted by Crippen LogP contribution is -2.32. The SMILES string of the molecule is Cc1ccc(C)c(NC(=O)[C@@H](OC(=O)CCN2C(=O)CCC2=O)c2ccccc2)c1. The van der Waals surface area contributed by atoms with Crippen molar-refractivity contribution in [3.05, 3.63) is 65.2 Å². The van der Waals surface area contributed by atoms with E-state index in [0.717, 1.165) is 16.0 Å². The topological polar surface area (TPSA) is 92.8 Å². The highest BCUT2D eigenvalue weighted by atomic mass is 16.5. The highest BCUT2D eigenvalue weighted by Gasteiger charge is 2.30. The molecule has 0 saturated carbocycles. The second kappa shape index (κ2) is 9.35. The summed E-state index contributed by atoms with van der Waals surface area (Å²) in [5, 5.41) is 2.83. The van der Waals surface area contributed by atoms with Crippen molar-refractivity contribution >= 4 is 29.4 Å². The normalized spacial score (nSPS) is 14.5. The van der Waals surface area contributed by atoms with Gasteiger partial charge in [-0.05, 0) is 31.0 Å².